The monoisotopic (exact) mass is 450 g/mol. The molecule has 0 N–H and O–H groups in total. The quantitative estimate of drug-likeness (QED) is 0.439. The summed E-state index contributed by atoms with van der Waals surface area (Å²) in [5.41, 5.74) is 0. The van der Waals surface area contributed by atoms with Crippen LogP contribution in [-0.4, -0.2) is 102 Å². The Kier molecular flexibility index (Phi) is 5.27. The van der Waals surface area contributed by atoms with Crippen LogP contribution in [-0.2, 0) is 28.8 Å². The Morgan fingerprint density at radius 3 is 0.750 bits per heavy atom. The van der Waals surface area contributed by atoms with E-state index < -0.39 is 72.2 Å². The predicted octanol–water partition coefficient (Wildman–Crippen LogP) is -1.34. The number of hydrogen-bond acceptors (Lipinski definition) is 8. The summed E-state index contributed by atoms with van der Waals surface area (Å²) in [4.78, 5) is 105. The molecule has 3 aliphatic rings. The molecule has 14 nitrogen and oxygen atoms in total. The van der Waals surface area contributed by atoms with Crippen LogP contribution >= 0.6 is 0 Å². The molecule has 0 bridgehead atoms. The molecule has 14 heteroatoms. The van der Waals surface area contributed by atoms with Gasteiger partial charge in [-0.3, -0.25) is 38.6 Å². The first-order valence-electron chi connectivity index (χ1n) is 9.60. The molecule has 3 saturated heterocycles. The summed E-state index contributed by atoms with van der Waals surface area (Å²) in [5, 5.41) is 0. The maximum Gasteiger partial charge on any atom is 0.337 e. The number of urea groups is 2. The minimum atomic E-state index is -1.52. The molecule has 0 aromatic rings. The first-order valence-corrected chi connectivity index (χ1v) is 9.60. The van der Waals surface area contributed by atoms with Gasteiger partial charge >= 0.3 is 12.1 Å². The molecule has 0 saturated carbocycles. The molecule has 3 aliphatic heterocycles. The molecular formula is C18H22N6O8. The lowest BCUT2D eigenvalue weighted by Gasteiger charge is -2.52. The third-order valence-corrected chi connectivity index (χ3v) is 5.64. The third kappa shape index (κ3) is 2.85. The number of carbonyl (C=O) groups is 8. The molecular weight excluding hydrogens is 428 g/mol. The number of piperazine rings is 1. The number of amides is 10. The molecule has 32 heavy (non-hydrogen) atoms. The minimum absolute atomic E-state index is 0.624. The normalized spacial score (nSPS) is 26.9. The van der Waals surface area contributed by atoms with Crippen molar-refractivity contribution in [3.8, 4) is 0 Å². The van der Waals surface area contributed by atoms with E-state index in [0.717, 1.165) is 51.3 Å². The smallest absolute Gasteiger partial charge is 0.293 e. The summed E-state index contributed by atoms with van der Waals surface area (Å²) >= 11 is 0. The summed E-state index contributed by atoms with van der Waals surface area (Å²) in [7, 11) is 0. The molecule has 3 heterocycles. The van der Waals surface area contributed by atoms with Crippen LogP contribution in [0.25, 0.3) is 0 Å². The van der Waals surface area contributed by atoms with E-state index in [1.54, 1.807) is 0 Å². The van der Waals surface area contributed by atoms with Crippen LogP contribution in [0.1, 0.15) is 41.5 Å². The highest BCUT2D eigenvalue weighted by Gasteiger charge is 2.69. The molecule has 0 aromatic heterocycles. The molecule has 172 valence electrons. The van der Waals surface area contributed by atoms with Gasteiger partial charge in [-0.25, -0.2) is 29.2 Å². The Bertz CT molecular complexity index is 856. The maximum atomic E-state index is 13.0. The standard InChI is InChI=1S/C18H22N6O8/c1-7(25)19-13-15(23(11(5)29)17(31)21(13)9(3)27)20(8(2)26)16-14(19)22(10(4)28)18(32)24(16)12(6)30/h13-16H,1-6H3/t13-,14-,15-,16+/m1/s1. The number of nitrogens with zero attached hydrogens (tertiary/aromatic N) is 6. The van der Waals surface area contributed by atoms with Crippen molar-refractivity contribution < 1.29 is 38.4 Å². The lowest BCUT2D eigenvalue weighted by atomic mass is 10.1. The Morgan fingerprint density at radius 1 is 0.438 bits per heavy atom. The average Bonchev–Trinajstić information content (AvgIpc) is 3.09. The summed E-state index contributed by atoms with van der Waals surface area (Å²) in [6, 6.07) is -2.15. The number of rotatable bonds is 0. The summed E-state index contributed by atoms with van der Waals surface area (Å²) in [5.74, 6) is -4.83. The highest BCUT2D eigenvalue weighted by molar-refractivity contribution is 6.06. The number of fused-ring (bicyclic) bond motifs is 2. The Labute approximate surface area is 182 Å². The van der Waals surface area contributed by atoms with Crippen LogP contribution in [0, 0.1) is 0 Å². The second-order valence-electron chi connectivity index (χ2n) is 7.63. The van der Waals surface area contributed by atoms with E-state index in [0.29, 0.717) is 19.6 Å². The lowest BCUT2D eigenvalue weighted by Crippen LogP contribution is -2.76. The SMILES string of the molecule is CC(=O)N1C(=O)N(C(C)=O)[C@@H]2[C@H]1N(C(C)=O)[C@H]1[C@@H](N(C(C)=O)C(=O)N1C(C)=O)N2C(C)=O. The van der Waals surface area contributed by atoms with Gasteiger partial charge in [0.15, 0.2) is 24.7 Å². The first-order chi connectivity index (χ1) is 14.7. The predicted molar refractivity (Wildman–Crippen MR) is 101 cm³/mol. The molecule has 0 radical (unpaired) electrons. The maximum absolute atomic E-state index is 13.0. The van der Waals surface area contributed by atoms with Crippen molar-refractivity contribution in [2.75, 3.05) is 0 Å². The second-order valence-corrected chi connectivity index (χ2v) is 7.63. The van der Waals surface area contributed by atoms with Crippen LogP contribution < -0.4 is 0 Å². The van der Waals surface area contributed by atoms with Crippen molar-refractivity contribution in [1.82, 2.24) is 29.4 Å². The van der Waals surface area contributed by atoms with Gasteiger partial charge in [0.1, 0.15) is 0 Å². The summed E-state index contributed by atoms with van der Waals surface area (Å²) in [6.07, 6.45) is -6.08. The first kappa shape index (κ1) is 22.8. The van der Waals surface area contributed by atoms with E-state index in [9.17, 15) is 38.4 Å². The Balaban J connectivity index is 2.38. The number of imide groups is 4. The zero-order chi connectivity index (χ0) is 24.4. The van der Waals surface area contributed by atoms with Gasteiger partial charge < -0.3 is 0 Å². The van der Waals surface area contributed by atoms with Gasteiger partial charge in [0, 0.05) is 41.5 Å². The van der Waals surface area contributed by atoms with Crippen molar-refractivity contribution in [3.63, 3.8) is 0 Å². The molecule has 10 amide bonds. The number of hydrogen-bond donors (Lipinski definition) is 0. The van der Waals surface area contributed by atoms with E-state index in [-0.39, 0.29) is 0 Å². The van der Waals surface area contributed by atoms with Crippen molar-refractivity contribution in [2.24, 2.45) is 0 Å². The van der Waals surface area contributed by atoms with E-state index >= 15 is 0 Å². The third-order valence-electron chi connectivity index (χ3n) is 5.64. The Morgan fingerprint density at radius 2 is 0.625 bits per heavy atom. The van der Waals surface area contributed by atoms with Crippen molar-refractivity contribution in [1.29, 1.82) is 0 Å². The highest BCUT2D eigenvalue weighted by Crippen LogP contribution is 2.42. The molecule has 4 atom stereocenters. The van der Waals surface area contributed by atoms with E-state index in [1.807, 2.05) is 0 Å². The van der Waals surface area contributed by atoms with Crippen LogP contribution in [0.15, 0.2) is 0 Å². The van der Waals surface area contributed by atoms with Gasteiger partial charge in [-0.15, -0.1) is 0 Å². The topological polar surface area (TPSA) is 156 Å². The van der Waals surface area contributed by atoms with E-state index in [2.05, 4.69) is 0 Å². The van der Waals surface area contributed by atoms with Gasteiger partial charge in [0.2, 0.25) is 35.4 Å². The van der Waals surface area contributed by atoms with Gasteiger partial charge in [0.25, 0.3) is 0 Å². The second kappa shape index (κ2) is 7.39. The van der Waals surface area contributed by atoms with Crippen molar-refractivity contribution in [2.45, 2.75) is 66.2 Å². The van der Waals surface area contributed by atoms with Gasteiger partial charge in [-0.05, 0) is 0 Å². The average molecular weight is 450 g/mol. The van der Waals surface area contributed by atoms with Gasteiger partial charge in [0.05, 0.1) is 0 Å². The molecule has 3 fully saturated rings. The highest BCUT2D eigenvalue weighted by atomic mass is 16.2. The fourth-order valence-electron chi connectivity index (χ4n) is 4.63. The van der Waals surface area contributed by atoms with Crippen LogP contribution in [0.3, 0.4) is 0 Å². The van der Waals surface area contributed by atoms with Crippen LogP contribution in [0.4, 0.5) is 9.59 Å². The molecule has 0 aliphatic carbocycles. The largest absolute Gasteiger partial charge is 0.337 e. The zero-order valence-electron chi connectivity index (χ0n) is 18.3. The van der Waals surface area contributed by atoms with Crippen LogP contribution in [0.5, 0.6) is 0 Å². The minimum Gasteiger partial charge on any atom is -0.293 e. The molecule has 0 spiro atoms. The van der Waals surface area contributed by atoms with E-state index in [4.69, 9.17) is 0 Å². The number of carbonyl (C=O) groups excluding carboxylic acids is 8. The fourth-order valence-corrected chi connectivity index (χ4v) is 4.63. The van der Waals surface area contributed by atoms with Crippen molar-refractivity contribution >= 4 is 47.5 Å². The lowest BCUT2D eigenvalue weighted by molar-refractivity contribution is -0.187. The summed E-state index contributed by atoms with van der Waals surface area (Å²) in [6.45, 7) is 6.29. The molecule has 0 unspecified atom stereocenters. The van der Waals surface area contributed by atoms with E-state index in [1.165, 1.54) is 0 Å². The fraction of sp³-hybridized carbons (Fsp3) is 0.556. The summed E-state index contributed by atoms with van der Waals surface area (Å²) < 4.78 is 0. The molecule has 3 rings (SSSR count). The molecule has 0 aromatic carbocycles. The van der Waals surface area contributed by atoms with Crippen LogP contribution in [0.2, 0.25) is 0 Å². The van der Waals surface area contributed by atoms with Crippen molar-refractivity contribution in [3.05, 3.63) is 0 Å². The van der Waals surface area contributed by atoms with Gasteiger partial charge in [-0.2, -0.15) is 0 Å². The van der Waals surface area contributed by atoms with Gasteiger partial charge in [-0.1, -0.05) is 0 Å². The Hall–Kier alpha value is -3.84. The zero-order valence-corrected chi connectivity index (χ0v) is 18.3.